The number of methoxy groups -OCH3 is 1. The van der Waals surface area contributed by atoms with Gasteiger partial charge in [0.2, 0.25) is 0 Å². The molecule has 1 aliphatic heterocycles. The van der Waals surface area contributed by atoms with Crippen LogP contribution >= 0.6 is 0 Å². The Labute approximate surface area is 155 Å². The number of ether oxygens (including phenoxy) is 1. The monoisotopic (exact) mass is 362 g/mol. The molecule has 0 saturated carbocycles. The average molecular weight is 362 g/mol. The molecule has 3 heterocycles. The lowest BCUT2D eigenvalue weighted by Gasteiger charge is -2.15. The highest BCUT2D eigenvalue weighted by atomic mass is 16.5. The largest absolute Gasteiger partial charge is 0.469 e. The summed E-state index contributed by atoms with van der Waals surface area (Å²) >= 11 is 0. The van der Waals surface area contributed by atoms with Gasteiger partial charge < -0.3 is 9.53 Å². The Morgan fingerprint density at radius 1 is 1.30 bits per heavy atom. The highest BCUT2D eigenvalue weighted by Crippen LogP contribution is 2.38. The topological polar surface area (TPSA) is 78.3 Å². The van der Waals surface area contributed by atoms with Crippen LogP contribution in [-0.2, 0) is 14.3 Å². The van der Waals surface area contributed by atoms with Crippen LogP contribution in [-0.4, -0.2) is 28.9 Å². The summed E-state index contributed by atoms with van der Waals surface area (Å²) < 4.78 is 6.31. The number of nitrogens with zero attached hydrogens (tertiary/aromatic N) is 2. The molecule has 2 aromatic heterocycles. The zero-order valence-electron chi connectivity index (χ0n) is 15.0. The minimum Gasteiger partial charge on any atom is -0.469 e. The Morgan fingerprint density at radius 2 is 2.07 bits per heavy atom. The molecule has 0 fully saturated rings. The van der Waals surface area contributed by atoms with Crippen molar-refractivity contribution in [3.63, 3.8) is 0 Å². The van der Waals surface area contributed by atoms with E-state index in [2.05, 4.69) is 0 Å². The molecule has 0 radical (unpaired) electrons. The summed E-state index contributed by atoms with van der Waals surface area (Å²) in [4.78, 5) is 41.4. The molecule has 0 spiro atoms. The van der Waals surface area contributed by atoms with E-state index in [9.17, 15) is 14.4 Å². The van der Waals surface area contributed by atoms with E-state index in [1.54, 1.807) is 6.07 Å². The van der Waals surface area contributed by atoms with Gasteiger partial charge in [0.1, 0.15) is 12.3 Å². The van der Waals surface area contributed by atoms with Crippen molar-refractivity contribution < 1.29 is 14.3 Å². The molecule has 0 bridgehead atoms. The molecule has 3 aromatic rings. The average Bonchev–Trinajstić information content (AvgIpc) is 3.00. The van der Waals surface area contributed by atoms with E-state index in [0.29, 0.717) is 28.9 Å². The summed E-state index contributed by atoms with van der Waals surface area (Å²) in [5.41, 5.74) is 2.88. The normalized spacial score (nSPS) is 15.9. The van der Waals surface area contributed by atoms with Gasteiger partial charge in [-0.1, -0.05) is 25.1 Å². The van der Waals surface area contributed by atoms with E-state index in [0.717, 1.165) is 17.2 Å². The number of pyridine rings is 2. The molecular formula is C21H18N2O4. The number of benzene rings is 1. The van der Waals surface area contributed by atoms with Crippen molar-refractivity contribution in [3.05, 3.63) is 63.9 Å². The third-order valence-corrected chi connectivity index (χ3v) is 5.11. The maximum Gasteiger partial charge on any atom is 0.313 e. The predicted octanol–water partition coefficient (Wildman–Crippen LogP) is 2.83. The second-order valence-corrected chi connectivity index (χ2v) is 6.57. The summed E-state index contributed by atoms with van der Waals surface area (Å²) in [5, 5.41) is 0.908. The summed E-state index contributed by atoms with van der Waals surface area (Å²) in [6.07, 6.45) is 1.26. The maximum absolute atomic E-state index is 12.8. The van der Waals surface area contributed by atoms with Gasteiger partial charge in [-0.15, -0.1) is 0 Å². The highest BCUT2D eigenvalue weighted by molar-refractivity contribution is 5.87. The van der Waals surface area contributed by atoms with Crippen molar-refractivity contribution in [1.82, 2.24) is 9.55 Å². The molecule has 1 aliphatic rings. The van der Waals surface area contributed by atoms with Crippen LogP contribution in [0.25, 0.3) is 22.3 Å². The van der Waals surface area contributed by atoms with Crippen molar-refractivity contribution in [2.45, 2.75) is 25.3 Å². The van der Waals surface area contributed by atoms with Crippen LogP contribution in [0.5, 0.6) is 0 Å². The van der Waals surface area contributed by atoms with Crippen LogP contribution in [0.1, 0.15) is 36.4 Å². The Morgan fingerprint density at radius 3 is 2.78 bits per heavy atom. The van der Waals surface area contributed by atoms with Crippen molar-refractivity contribution in [2.75, 3.05) is 7.11 Å². The fourth-order valence-corrected chi connectivity index (χ4v) is 3.79. The maximum atomic E-state index is 12.8. The SMILES string of the molecule is CCC(C(=O)OC)c1cc2n(c(=O)c1)C(C=O)c1cc3ccccc3nc1-2. The first kappa shape index (κ1) is 17.1. The summed E-state index contributed by atoms with van der Waals surface area (Å²) in [6, 6.07) is 12.0. The van der Waals surface area contributed by atoms with Gasteiger partial charge in [0.05, 0.1) is 29.9 Å². The number of aldehydes is 1. The number of aromatic nitrogens is 2. The van der Waals surface area contributed by atoms with E-state index >= 15 is 0 Å². The third-order valence-electron chi connectivity index (χ3n) is 5.11. The lowest BCUT2D eigenvalue weighted by molar-refractivity contribution is -0.142. The fraction of sp³-hybridized carbons (Fsp3) is 0.238. The lowest BCUT2D eigenvalue weighted by atomic mass is 9.96. The third kappa shape index (κ3) is 2.56. The first-order valence-corrected chi connectivity index (χ1v) is 8.78. The Kier molecular flexibility index (Phi) is 4.11. The molecule has 27 heavy (non-hydrogen) atoms. The Hall–Kier alpha value is -3.28. The van der Waals surface area contributed by atoms with Crippen molar-refractivity contribution >= 4 is 23.2 Å². The van der Waals surface area contributed by atoms with Crippen LogP contribution in [0.4, 0.5) is 0 Å². The molecule has 0 N–H and O–H groups in total. The van der Waals surface area contributed by atoms with Crippen LogP contribution in [0.2, 0.25) is 0 Å². The summed E-state index contributed by atoms with van der Waals surface area (Å²) in [6.45, 7) is 1.86. The standard InChI is InChI=1S/C21H18N2O4/c1-3-14(21(26)27-2)13-9-17-20-15(18(11-24)23(17)19(25)10-13)8-12-6-4-5-7-16(12)22-20/h4-11,14,18H,3H2,1-2H3. The van der Waals surface area contributed by atoms with Crippen LogP contribution in [0, 0.1) is 0 Å². The number of carbonyl (C=O) groups excluding carboxylic acids is 2. The van der Waals surface area contributed by atoms with Gasteiger partial charge in [0.25, 0.3) is 5.56 Å². The van der Waals surface area contributed by atoms with Gasteiger partial charge >= 0.3 is 5.97 Å². The second kappa shape index (κ2) is 6.46. The molecule has 6 nitrogen and oxygen atoms in total. The number of esters is 1. The molecule has 136 valence electrons. The van der Waals surface area contributed by atoms with E-state index in [1.165, 1.54) is 17.7 Å². The quantitative estimate of drug-likeness (QED) is 0.527. The van der Waals surface area contributed by atoms with Gasteiger partial charge in [0.15, 0.2) is 0 Å². The Bertz CT molecular complexity index is 1130. The molecular weight excluding hydrogens is 344 g/mol. The van der Waals surface area contributed by atoms with E-state index in [-0.39, 0.29) is 5.56 Å². The van der Waals surface area contributed by atoms with E-state index < -0.39 is 17.9 Å². The van der Waals surface area contributed by atoms with E-state index in [4.69, 9.17) is 9.72 Å². The zero-order valence-corrected chi connectivity index (χ0v) is 15.0. The number of rotatable bonds is 4. The highest BCUT2D eigenvalue weighted by Gasteiger charge is 2.32. The van der Waals surface area contributed by atoms with Crippen LogP contribution in [0.3, 0.4) is 0 Å². The van der Waals surface area contributed by atoms with Gasteiger partial charge in [-0.2, -0.15) is 0 Å². The van der Waals surface area contributed by atoms with Crippen molar-refractivity contribution in [2.24, 2.45) is 0 Å². The van der Waals surface area contributed by atoms with Crippen LogP contribution in [0.15, 0.2) is 47.3 Å². The van der Waals surface area contributed by atoms with Gasteiger partial charge in [-0.25, -0.2) is 4.98 Å². The Balaban J connectivity index is 1.99. The van der Waals surface area contributed by atoms with Crippen LogP contribution < -0.4 is 5.56 Å². The molecule has 0 amide bonds. The molecule has 0 saturated heterocycles. The first-order valence-electron chi connectivity index (χ1n) is 8.78. The number of fused-ring (bicyclic) bond motifs is 4. The fourth-order valence-electron chi connectivity index (χ4n) is 3.79. The van der Waals surface area contributed by atoms with Gasteiger partial charge in [-0.3, -0.25) is 14.2 Å². The first-order chi connectivity index (χ1) is 13.1. The molecule has 2 unspecified atom stereocenters. The minimum atomic E-state index is -0.716. The molecule has 6 heteroatoms. The zero-order chi connectivity index (χ0) is 19.1. The summed E-state index contributed by atoms with van der Waals surface area (Å²) in [7, 11) is 1.33. The predicted molar refractivity (Wildman–Crippen MR) is 101 cm³/mol. The summed E-state index contributed by atoms with van der Waals surface area (Å²) in [5.74, 6) is -0.925. The number of carbonyl (C=O) groups is 2. The van der Waals surface area contributed by atoms with Gasteiger partial charge in [-0.05, 0) is 30.2 Å². The second-order valence-electron chi connectivity index (χ2n) is 6.57. The molecule has 4 rings (SSSR count). The van der Waals surface area contributed by atoms with Gasteiger partial charge in [0, 0.05) is 17.0 Å². The molecule has 2 atom stereocenters. The number of hydrogen-bond donors (Lipinski definition) is 0. The van der Waals surface area contributed by atoms with E-state index in [1.807, 2.05) is 37.3 Å². The number of hydrogen-bond acceptors (Lipinski definition) is 5. The van der Waals surface area contributed by atoms with Crippen molar-refractivity contribution in [1.29, 1.82) is 0 Å². The lowest BCUT2D eigenvalue weighted by Crippen LogP contribution is -2.25. The molecule has 1 aromatic carbocycles. The minimum absolute atomic E-state index is 0.330. The van der Waals surface area contributed by atoms with Crippen molar-refractivity contribution in [3.8, 4) is 11.4 Å². The molecule has 0 aliphatic carbocycles. The number of para-hydroxylation sites is 1. The smallest absolute Gasteiger partial charge is 0.313 e.